The first kappa shape index (κ1) is 18.6. The van der Waals surface area contributed by atoms with E-state index < -0.39 is 17.8 Å². The molecule has 4 atom stereocenters. The fraction of sp³-hybridized carbons (Fsp3) is 0.619. The van der Waals surface area contributed by atoms with E-state index >= 15 is 0 Å². The van der Waals surface area contributed by atoms with E-state index in [4.69, 9.17) is 0 Å². The van der Waals surface area contributed by atoms with Crippen molar-refractivity contribution in [1.82, 2.24) is 14.9 Å². The molecule has 1 unspecified atom stereocenters. The van der Waals surface area contributed by atoms with Crippen LogP contribution in [0.25, 0.3) is 10.9 Å². The fourth-order valence-corrected chi connectivity index (χ4v) is 5.59. The molecular weight excluding hydrogens is 398 g/mol. The van der Waals surface area contributed by atoms with Crippen molar-refractivity contribution in [2.24, 2.45) is 17.3 Å². The number of hydrogen-bond donors (Lipinski definition) is 1. The van der Waals surface area contributed by atoms with Crippen LogP contribution >= 0.6 is 0 Å². The number of anilines is 2. The summed E-state index contributed by atoms with van der Waals surface area (Å²) in [6, 6.07) is 3.14. The minimum Gasteiger partial charge on any atom is -0.369 e. The van der Waals surface area contributed by atoms with Gasteiger partial charge in [0.1, 0.15) is 0 Å². The van der Waals surface area contributed by atoms with E-state index in [1.807, 2.05) is 0 Å². The highest BCUT2D eigenvalue weighted by Gasteiger charge is 2.72. The molecule has 2 saturated heterocycles. The summed E-state index contributed by atoms with van der Waals surface area (Å²) in [5, 5.41) is 3.90. The zero-order valence-electron chi connectivity index (χ0n) is 16.6. The maximum atomic E-state index is 13.9. The van der Waals surface area contributed by atoms with Crippen molar-refractivity contribution in [3.63, 3.8) is 0 Å². The Morgan fingerprint density at radius 3 is 2.57 bits per heavy atom. The van der Waals surface area contributed by atoms with Crippen LogP contribution in [0, 0.1) is 17.3 Å². The standard InChI is InChI=1S/C21H23F4N5/c1-29-7-13-14(8-29)17(13)28-19-26-6-12-4-11(18(22)23)5-15(16(12)27-19)30-3-2-20(10-30)9-21(20,24)25/h4-6,13-14,17-18H,2-3,7-10H2,1H3,(H,26,27,28)/t13-,14+,17+,20?. The molecule has 160 valence electrons. The van der Waals surface area contributed by atoms with Crippen LogP contribution in [0.5, 0.6) is 0 Å². The van der Waals surface area contributed by atoms with Crippen LogP contribution in [0.4, 0.5) is 29.2 Å². The molecule has 0 bridgehead atoms. The first-order valence-corrected chi connectivity index (χ1v) is 10.4. The Morgan fingerprint density at radius 2 is 1.93 bits per heavy atom. The van der Waals surface area contributed by atoms with Crippen molar-refractivity contribution in [1.29, 1.82) is 0 Å². The second-order valence-electron chi connectivity index (χ2n) is 9.52. The Hall–Kier alpha value is -2.16. The van der Waals surface area contributed by atoms with E-state index in [1.165, 1.54) is 12.1 Å². The number of rotatable bonds is 4. The summed E-state index contributed by atoms with van der Waals surface area (Å²) in [6.07, 6.45) is -0.839. The predicted octanol–water partition coefficient (Wildman–Crippen LogP) is 3.77. The number of halogens is 4. The molecule has 1 N–H and O–H groups in total. The molecule has 9 heteroatoms. The van der Waals surface area contributed by atoms with Crippen LogP contribution in [0.15, 0.2) is 18.3 Å². The molecule has 2 aromatic rings. The number of nitrogens with one attached hydrogen (secondary N) is 1. The monoisotopic (exact) mass is 421 g/mol. The number of piperidine rings is 1. The zero-order valence-corrected chi connectivity index (χ0v) is 16.6. The van der Waals surface area contributed by atoms with Gasteiger partial charge in [0, 0.05) is 55.8 Å². The first-order chi connectivity index (χ1) is 14.3. The van der Waals surface area contributed by atoms with Crippen LogP contribution < -0.4 is 10.2 Å². The molecule has 4 aliphatic rings. The largest absolute Gasteiger partial charge is 0.369 e. The minimum atomic E-state index is -2.66. The number of nitrogens with zero attached hydrogens (tertiary/aromatic N) is 4. The number of fused-ring (bicyclic) bond motifs is 2. The molecule has 3 heterocycles. The summed E-state index contributed by atoms with van der Waals surface area (Å²) < 4.78 is 54.7. The zero-order chi connectivity index (χ0) is 20.8. The molecule has 2 aliphatic carbocycles. The highest BCUT2D eigenvalue weighted by molar-refractivity contribution is 5.92. The van der Waals surface area contributed by atoms with Gasteiger partial charge in [-0.25, -0.2) is 27.5 Å². The third-order valence-corrected chi connectivity index (χ3v) is 7.52. The number of aromatic nitrogens is 2. The van der Waals surface area contributed by atoms with Crippen molar-refractivity contribution in [2.75, 3.05) is 43.4 Å². The number of hydrogen-bond acceptors (Lipinski definition) is 5. The lowest BCUT2D eigenvalue weighted by molar-refractivity contribution is 0.0711. The van der Waals surface area contributed by atoms with Gasteiger partial charge in [0.15, 0.2) is 0 Å². The fourth-order valence-electron chi connectivity index (χ4n) is 5.59. The smallest absolute Gasteiger partial charge is 0.263 e. The average molecular weight is 421 g/mol. The Kier molecular flexibility index (Phi) is 3.69. The van der Waals surface area contributed by atoms with E-state index in [1.54, 1.807) is 11.1 Å². The summed E-state index contributed by atoms with van der Waals surface area (Å²) in [6.45, 7) is 2.68. The van der Waals surface area contributed by atoms with Gasteiger partial charge in [0.05, 0.1) is 16.6 Å². The highest BCUT2D eigenvalue weighted by Crippen LogP contribution is 2.65. The van der Waals surface area contributed by atoms with Gasteiger partial charge in [-0.1, -0.05) is 0 Å². The van der Waals surface area contributed by atoms with Gasteiger partial charge in [-0.15, -0.1) is 0 Å². The number of benzene rings is 1. The third kappa shape index (κ3) is 2.70. The van der Waals surface area contributed by atoms with Crippen molar-refractivity contribution in [2.45, 2.75) is 31.2 Å². The molecule has 2 aliphatic heterocycles. The Labute approximate surface area is 171 Å². The lowest BCUT2D eigenvalue weighted by Gasteiger charge is -2.22. The van der Waals surface area contributed by atoms with Gasteiger partial charge >= 0.3 is 0 Å². The molecule has 6 rings (SSSR count). The summed E-state index contributed by atoms with van der Waals surface area (Å²) >= 11 is 0. The molecular formula is C21H23F4N5. The van der Waals surface area contributed by atoms with Gasteiger partial charge < -0.3 is 15.1 Å². The summed E-state index contributed by atoms with van der Waals surface area (Å²) in [5.74, 6) is -1.01. The van der Waals surface area contributed by atoms with Gasteiger partial charge in [0.2, 0.25) is 5.95 Å². The van der Waals surface area contributed by atoms with E-state index in [0.717, 1.165) is 13.1 Å². The molecule has 5 nitrogen and oxygen atoms in total. The summed E-state index contributed by atoms with van der Waals surface area (Å²) in [5.41, 5.74) is -0.0966. The normalized spacial score (nSPS) is 34.2. The van der Waals surface area contributed by atoms with Gasteiger partial charge in [-0.3, -0.25) is 0 Å². The lowest BCUT2D eigenvalue weighted by Crippen LogP contribution is -2.25. The van der Waals surface area contributed by atoms with Gasteiger partial charge in [-0.05, 0) is 37.4 Å². The Balaban J connectivity index is 1.33. The molecule has 30 heavy (non-hydrogen) atoms. The molecule has 4 fully saturated rings. The van der Waals surface area contributed by atoms with E-state index in [2.05, 4.69) is 27.2 Å². The second kappa shape index (κ2) is 5.96. The van der Waals surface area contributed by atoms with Crippen LogP contribution in [-0.4, -0.2) is 60.1 Å². The highest BCUT2D eigenvalue weighted by atomic mass is 19.3. The van der Waals surface area contributed by atoms with Crippen LogP contribution in [0.2, 0.25) is 0 Å². The quantitative estimate of drug-likeness (QED) is 0.762. The van der Waals surface area contributed by atoms with Crippen LogP contribution in [0.1, 0.15) is 24.8 Å². The van der Waals surface area contributed by atoms with E-state index in [-0.39, 0.29) is 18.5 Å². The van der Waals surface area contributed by atoms with Crippen molar-refractivity contribution in [3.05, 3.63) is 23.9 Å². The lowest BCUT2D eigenvalue weighted by atomic mass is 10.1. The Morgan fingerprint density at radius 1 is 1.20 bits per heavy atom. The van der Waals surface area contributed by atoms with Gasteiger partial charge in [-0.2, -0.15) is 0 Å². The summed E-state index contributed by atoms with van der Waals surface area (Å²) in [4.78, 5) is 13.1. The van der Waals surface area contributed by atoms with E-state index in [0.29, 0.717) is 53.4 Å². The second-order valence-corrected chi connectivity index (χ2v) is 9.52. The topological polar surface area (TPSA) is 44.3 Å². The molecule has 2 saturated carbocycles. The number of alkyl halides is 4. The van der Waals surface area contributed by atoms with Crippen molar-refractivity contribution >= 4 is 22.5 Å². The summed E-state index contributed by atoms with van der Waals surface area (Å²) in [7, 11) is 2.11. The maximum Gasteiger partial charge on any atom is 0.263 e. The SMILES string of the molecule is CN1C[C@@H]2[C@H](C1)[C@H]2Nc1ncc2cc(C(F)F)cc(N3CCC4(C3)CC4(F)F)c2n1. The number of likely N-dealkylation sites (tertiary alicyclic amines) is 1. The third-order valence-electron chi connectivity index (χ3n) is 7.52. The molecule has 1 aromatic carbocycles. The Bertz CT molecular complexity index is 1020. The molecule has 1 aromatic heterocycles. The minimum absolute atomic E-state index is 0.121. The van der Waals surface area contributed by atoms with Crippen molar-refractivity contribution in [3.8, 4) is 0 Å². The first-order valence-electron chi connectivity index (χ1n) is 10.4. The maximum absolute atomic E-state index is 13.9. The van der Waals surface area contributed by atoms with Gasteiger partial charge in [0.25, 0.3) is 12.3 Å². The van der Waals surface area contributed by atoms with Crippen molar-refractivity contribution < 1.29 is 17.6 Å². The van der Waals surface area contributed by atoms with Crippen LogP contribution in [-0.2, 0) is 0 Å². The van der Waals surface area contributed by atoms with E-state index in [9.17, 15) is 17.6 Å². The van der Waals surface area contributed by atoms with Crippen LogP contribution in [0.3, 0.4) is 0 Å². The molecule has 1 spiro atoms. The average Bonchev–Trinajstić information content (AvgIpc) is 3.25. The molecule has 0 radical (unpaired) electrons. The predicted molar refractivity (Wildman–Crippen MR) is 105 cm³/mol. The molecule has 0 amide bonds.